The van der Waals surface area contributed by atoms with Crippen LogP contribution in [0.15, 0.2) is 58.1 Å². The molecule has 2 aromatic heterocycles. The SMILES string of the molecule is CCCCn1c(=O)[nH]c(=O)c2c1nc(CNc1cccc(OCc3ccc(F)cc3)c1)n2CC. The van der Waals surface area contributed by atoms with Crippen LogP contribution in [0.3, 0.4) is 0 Å². The van der Waals surface area contributed by atoms with Crippen molar-refractivity contribution < 1.29 is 9.13 Å². The van der Waals surface area contributed by atoms with E-state index in [9.17, 15) is 14.0 Å². The smallest absolute Gasteiger partial charge is 0.330 e. The molecular weight excluding hydrogens is 437 g/mol. The van der Waals surface area contributed by atoms with Crippen LogP contribution in [0, 0.1) is 5.82 Å². The molecule has 9 heteroatoms. The van der Waals surface area contributed by atoms with Crippen molar-refractivity contribution in [3.05, 3.63) is 86.6 Å². The minimum Gasteiger partial charge on any atom is -0.489 e. The van der Waals surface area contributed by atoms with E-state index in [1.54, 1.807) is 16.7 Å². The highest BCUT2D eigenvalue weighted by Crippen LogP contribution is 2.20. The number of H-pyrrole nitrogens is 1. The Hall–Kier alpha value is -3.88. The average molecular weight is 466 g/mol. The summed E-state index contributed by atoms with van der Waals surface area (Å²) >= 11 is 0. The van der Waals surface area contributed by atoms with E-state index >= 15 is 0 Å². The van der Waals surface area contributed by atoms with Gasteiger partial charge in [0.1, 0.15) is 24.0 Å². The number of aryl methyl sites for hydroxylation is 2. The monoisotopic (exact) mass is 465 g/mol. The summed E-state index contributed by atoms with van der Waals surface area (Å²) in [6.07, 6.45) is 1.74. The third-order valence-electron chi connectivity index (χ3n) is 5.62. The van der Waals surface area contributed by atoms with E-state index < -0.39 is 11.2 Å². The van der Waals surface area contributed by atoms with Crippen molar-refractivity contribution in [1.82, 2.24) is 19.1 Å². The van der Waals surface area contributed by atoms with Crippen molar-refractivity contribution in [2.75, 3.05) is 5.32 Å². The first-order valence-electron chi connectivity index (χ1n) is 11.4. The Morgan fingerprint density at radius 3 is 2.62 bits per heavy atom. The quantitative estimate of drug-likeness (QED) is 0.369. The number of benzene rings is 2. The molecule has 0 saturated carbocycles. The molecule has 0 aliphatic rings. The summed E-state index contributed by atoms with van der Waals surface area (Å²) in [4.78, 5) is 32.0. The van der Waals surface area contributed by atoms with E-state index in [2.05, 4.69) is 15.3 Å². The predicted octanol–water partition coefficient (Wildman–Crippen LogP) is 4.04. The van der Waals surface area contributed by atoms with Gasteiger partial charge in [-0.2, -0.15) is 0 Å². The number of fused-ring (bicyclic) bond motifs is 1. The molecule has 178 valence electrons. The zero-order chi connectivity index (χ0) is 24.1. The zero-order valence-electron chi connectivity index (χ0n) is 19.3. The molecule has 0 unspecified atom stereocenters. The van der Waals surface area contributed by atoms with Gasteiger partial charge in [-0.1, -0.05) is 31.5 Å². The van der Waals surface area contributed by atoms with Crippen LogP contribution in [0.4, 0.5) is 10.1 Å². The summed E-state index contributed by atoms with van der Waals surface area (Å²) < 4.78 is 22.3. The number of ether oxygens (including phenoxy) is 1. The van der Waals surface area contributed by atoms with Gasteiger partial charge in [0.15, 0.2) is 11.2 Å². The van der Waals surface area contributed by atoms with Gasteiger partial charge >= 0.3 is 5.69 Å². The van der Waals surface area contributed by atoms with Crippen LogP contribution in [-0.4, -0.2) is 19.1 Å². The van der Waals surface area contributed by atoms with Crippen molar-refractivity contribution in [3.8, 4) is 5.75 Å². The van der Waals surface area contributed by atoms with Gasteiger partial charge in [0.2, 0.25) is 0 Å². The molecule has 34 heavy (non-hydrogen) atoms. The lowest BCUT2D eigenvalue weighted by molar-refractivity contribution is 0.306. The highest BCUT2D eigenvalue weighted by molar-refractivity contribution is 5.71. The first-order chi connectivity index (χ1) is 16.5. The van der Waals surface area contributed by atoms with Crippen LogP contribution in [-0.2, 0) is 26.2 Å². The summed E-state index contributed by atoms with van der Waals surface area (Å²) in [5.41, 5.74) is 1.66. The fourth-order valence-corrected chi connectivity index (χ4v) is 3.84. The lowest BCUT2D eigenvalue weighted by Crippen LogP contribution is -2.31. The van der Waals surface area contributed by atoms with Gasteiger partial charge in [-0.15, -0.1) is 0 Å². The number of unbranched alkanes of at least 4 members (excludes halogenated alkanes) is 1. The molecule has 0 bridgehead atoms. The number of rotatable bonds is 10. The minimum absolute atomic E-state index is 0.280. The molecule has 8 nitrogen and oxygen atoms in total. The topological polar surface area (TPSA) is 93.9 Å². The van der Waals surface area contributed by atoms with Gasteiger partial charge in [0, 0.05) is 24.8 Å². The Bertz CT molecular complexity index is 1390. The highest BCUT2D eigenvalue weighted by atomic mass is 19.1. The molecule has 0 saturated heterocycles. The van der Waals surface area contributed by atoms with Gasteiger partial charge in [0.25, 0.3) is 5.56 Å². The van der Waals surface area contributed by atoms with Crippen LogP contribution in [0.2, 0.25) is 0 Å². The van der Waals surface area contributed by atoms with Gasteiger partial charge in [-0.05, 0) is 43.2 Å². The van der Waals surface area contributed by atoms with Crippen LogP contribution in [0.5, 0.6) is 5.75 Å². The maximum Gasteiger partial charge on any atom is 0.330 e. The van der Waals surface area contributed by atoms with E-state index in [0.717, 1.165) is 24.1 Å². The van der Waals surface area contributed by atoms with Crippen LogP contribution in [0.25, 0.3) is 11.2 Å². The second-order valence-electron chi connectivity index (χ2n) is 8.01. The van der Waals surface area contributed by atoms with Crippen LogP contribution in [0.1, 0.15) is 38.1 Å². The summed E-state index contributed by atoms with van der Waals surface area (Å²) in [7, 11) is 0. The van der Waals surface area contributed by atoms with E-state index in [0.29, 0.717) is 49.0 Å². The third-order valence-corrected chi connectivity index (χ3v) is 5.62. The number of imidazole rings is 1. The molecule has 0 atom stereocenters. The Balaban J connectivity index is 1.53. The standard InChI is InChI=1S/C25H28FN5O3/c1-3-5-13-31-23-22(24(32)29-25(31)33)30(4-2)21(28-23)15-27-19-7-6-8-20(14-19)34-16-17-9-11-18(26)12-10-17/h6-12,14,27H,3-5,13,15-16H2,1-2H3,(H,29,32,33). The van der Waals surface area contributed by atoms with E-state index in [1.807, 2.05) is 42.7 Å². The molecule has 0 aliphatic carbocycles. The van der Waals surface area contributed by atoms with Crippen LogP contribution < -0.4 is 21.3 Å². The lowest BCUT2D eigenvalue weighted by Gasteiger charge is -2.11. The van der Waals surface area contributed by atoms with Gasteiger partial charge in [-0.3, -0.25) is 14.3 Å². The molecule has 0 aliphatic heterocycles. The molecular formula is C25H28FN5O3. The maximum atomic E-state index is 13.1. The maximum absolute atomic E-state index is 13.1. The lowest BCUT2D eigenvalue weighted by atomic mass is 10.2. The molecule has 0 fully saturated rings. The summed E-state index contributed by atoms with van der Waals surface area (Å²) in [5, 5.41) is 3.33. The van der Waals surface area contributed by atoms with Crippen molar-refractivity contribution >= 4 is 16.9 Å². The molecule has 0 amide bonds. The molecule has 4 aromatic rings. The zero-order valence-corrected chi connectivity index (χ0v) is 19.3. The first kappa shape index (κ1) is 23.3. The molecule has 2 aromatic carbocycles. The van der Waals surface area contributed by atoms with Crippen LogP contribution >= 0.6 is 0 Å². The Morgan fingerprint density at radius 1 is 1.09 bits per heavy atom. The van der Waals surface area contributed by atoms with Crippen molar-refractivity contribution in [1.29, 1.82) is 0 Å². The summed E-state index contributed by atoms with van der Waals surface area (Å²) in [6, 6.07) is 13.7. The molecule has 2 N–H and O–H groups in total. The number of anilines is 1. The van der Waals surface area contributed by atoms with Crippen molar-refractivity contribution in [2.45, 2.75) is 52.9 Å². The number of halogens is 1. The number of aromatic amines is 1. The van der Waals surface area contributed by atoms with Gasteiger partial charge < -0.3 is 14.6 Å². The third kappa shape index (κ3) is 5.03. The average Bonchev–Trinajstić information content (AvgIpc) is 3.21. The second kappa shape index (κ2) is 10.4. The molecule has 0 radical (unpaired) electrons. The van der Waals surface area contributed by atoms with Gasteiger partial charge in [0.05, 0.1) is 6.54 Å². The second-order valence-corrected chi connectivity index (χ2v) is 8.01. The fraction of sp³-hybridized carbons (Fsp3) is 0.320. The Kier molecular flexibility index (Phi) is 7.10. The van der Waals surface area contributed by atoms with Crippen molar-refractivity contribution in [2.24, 2.45) is 0 Å². The number of nitrogens with one attached hydrogen (secondary N) is 2. The minimum atomic E-state index is -0.433. The summed E-state index contributed by atoms with van der Waals surface area (Å²) in [5.74, 6) is 1.05. The van der Waals surface area contributed by atoms with Gasteiger partial charge in [-0.25, -0.2) is 14.2 Å². The number of hydrogen-bond acceptors (Lipinski definition) is 5. The Morgan fingerprint density at radius 2 is 1.88 bits per heavy atom. The largest absolute Gasteiger partial charge is 0.489 e. The molecule has 2 heterocycles. The fourth-order valence-electron chi connectivity index (χ4n) is 3.84. The summed E-state index contributed by atoms with van der Waals surface area (Å²) in [6.45, 7) is 5.73. The van der Waals surface area contributed by atoms with Crippen molar-refractivity contribution in [3.63, 3.8) is 0 Å². The normalized spacial score (nSPS) is 11.1. The number of nitrogens with zero attached hydrogens (tertiary/aromatic N) is 3. The number of hydrogen-bond donors (Lipinski definition) is 2. The highest BCUT2D eigenvalue weighted by Gasteiger charge is 2.17. The molecule has 4 rings (SSSR count). The van der Waals surface area contributed by atoms with E-state index in [-0.39, 0.29) is 5.82 Å². The predicted molar refractivity (Wildman–Crippen MR) is 130 cm³/mol. The first-order valence-corrected chi connectivity index (χ1v) is 11.4. The number of aromatic nitrogens is 4. The van der Waals surface area contributed by atoms with E-state index in [1.165, 1.54) is 12.1 Å². The Labute approximate surface area is 196 Å². The molecule has 0 spiro atoms. The van der Waals surface area contributed by atoms with E-state index in [4.69, 9.17) is 4.74 Å².